The van der Waals surface area contributed by atoms with Gasteiger partial charge in [-0.2, -0.15) is 0 Å². The molecule has 10 heteroatoms. The Morgan fingerprint density at radius 3 is 2.60 bits per heavy atom. The van der Waals surface area contributed by atoms with Gasteiger partial charge in [0.1, 0.15) is 10.6 Å². The fraction of sp³-hybridized carbons (Fsp3) is 0.200. The van der Waals surface area contributed by atoms with E-state index in [0.717, 1.165) is 22.2 Å². The summed E-state index contributed by atoms with van der Waals surface area (Å²) in [7, 11) is 0. The molecular formula is C25H21FN4O3S2. The molecule has 0 saturated heterocycles. The van der Waals surface area contributed by atoms with Crippen LogP contribution in [-0.4, -0.2) is 38.6 Å². The van der Waals surface area contributed by atoms with E-state index in [2.05, 4.69) is 5.32 Å². The van der Waals surface area contributed by atoms with Gasteiger partial charge in [0.15, 0.2) is 5.16 Å². The molecule has 4 aromatic rings. The highest BCUT2D eigenvalue weighted by Crippen LogP contribution is 2.34. The first-order valence-corrected chi connectivity index (χ1v) is 12.8. The van der Waals surface area contributed by atoms with Crippen molar-refractivity contribution >= 4 is 50.8 Å². The molecule has 2 aromatic carbocycles. The lowest BCUT2D eigenvalue weighted by molar-refractivity contribution is -0.129. The van der Waals surface area contributed by atoms with E-state index in [1.54, 1.807) is 16.4 Å². The van der Waals surface area contributed by atoms with Crippen molar-refractivity contribution < 1.29 is 14.0 Å². The average Bonchev–Trinajstić information content (AvgIpc) is 3.22. The van der Waals surface area contributed by atoms with Crippen LogP contribution in [-0.2, 0) is 22.6 Å². The lowest BCUT2D eigenvalue weighted by Gasteiger charge is -2.25. The van der Waals surface area contributed by atoms with Gasteiger partial charge in [0.05, 0.1) is 23.4 Å². The minimum atomic E-state index is -0.383. The molecule has 0 unspecified atom stereocenters. The number of halogens is 1. The summed E-state index contributed by atoms with van der Waals surface area (Å²) in [6.45, 7) is 2.59. The standard InChI is InChI=1S/C25H21FN4O3S2/c1-15(31)29-12-11-19-20(13-29)35-23-22(19)24(33)30(18-5-3-2-4-6-18)25(28-23)34-14-21(32)27-17-9-7-16(26)8-10-17/h2-10H,11-14H2,1H3,(H,27,32). The minimum Gasteiger partial charge on any atom is -0.337 e. The Kier molecular flexibility index (Phi) is 6.40. The molecule has 7 nitrogen and oxygen atoms in total. The highest BCUT2D eigenvalue weighted by molar-refractivity contribution is 7.99. The third-order valence-electron chi connectivity index (χ3n) is 5.76. The summed E-state index contributed by atoms with van der Waals surface area (Å²) in [4.78, 5) is 46.3. The van der Waals surface area contributed by atoms with E-state index in [0.29, 0.717) is 46.3 Å². The number of para-hydroxylation sites is 1. The van der Waals surface area contributed by atoms with E-state index in [1.165, 1.54) is 35.6 Å². The van der Waals surface area contributed by atoms with Gasteiger partial charge >= 0.3 is 0 Å². The van der Waals surface area contributed by atoms with Crippen LogP contribution >= 0.6 is 23.1 Å². The Hall–Kier alpha value is -3.50. The van der Waals surface area contributed by atoms with Crippen molar-refractivity contribution in [3.8, 4) is 5.69 Å². The predicted octanol–water partition coefficient (Wildman–Crippen LogP) is 4.22. The maximum absolute atomic E-state index is 13.8. The number of rotatable bonds is 5. The second kappa shape index (κ2) is 9.63. The number of nitrogens with one attached hydrogen (secondary N) is 1. The molecule has 0 atom stereocenters. The number of thiophene rings is 1. The van der Waals surface area contributed by atoms with Gasteiger partial charge in [-0.05, 0) is 48.4 Å². The highest BCUT2D eigenvalue weighted by Gasteiger charge is 2.26. The maximum Gasteiger partial charge on any atom is 0.267 e. The number of carbonyl (C=O) groups excluding carboxylic acids is 2. The first-order chi connectivity index (χ1) is 16.9. The summed E-state index contributed by atoms with van der Waals surface area (Å²) >= 11 is 2.58. The van der Waals surface area contributed by atoms with Crippen molar-refractivity contribution in [3.05, 3.63) is 81.2 Å². The third-order valence-corrected chi connectivity index (χ3v) is 7.81. The topological polar surface area (TPSA) is 84.3 Å². The van der Waals surface area contributed by atoms with Gasteiger partial charge in [-0.1, -0.05) is 30.0 Å². The first-order valence-electron chi connectivity index (χ1n) is 11.0. The molecule has 5 rings (SSSR count). The molecular weight excluding hydrogens is 487 g/mol. The monoisotopic (exact) mass is 508 g/mol. The number of fused-ring (bicyclic) bond motifs is 3. The molecule has 35 heavy (non-hydrogen) atoms. The number of hydrogen-bond acceptors (Lipinski definition) is 6. The second-order valence-electron chi connectivity index (χ2n) is 8.09. The highest BCUT2D eigenvalue weighted by atomic mass is 32.2. The fourth-order valence-electron chi connectivity index (χ4n) is 4.05. The third kappa shape index (κ3) is 4.71. The molecule has 3 heterocycles. The summed E-state index contributed by atoms with van der Waals surface area (Å²) in [5, 5.41) is 3.72. The Labute approximate surface area is 208 Å². The lowest BCUT2D eigenvalue weighted by atomic mass is 10.1. The zero-order valence-electron chi connectivity index (χ0n) is 18.8. The first kappa shape index (κ1) is 23.3. The van der Waals surface area contributed by atoms with Crippen molar-refractivity contribution in [1.82, 2.24) is 14.5 Å². The number of hydrogen-bond donors (Lipinski definition) is 1. The zero-order chi connectivity index (χ0) is 24.5. The number of nitrogens with zero attached hydrogens (tertiary/aromatic N) is 3. The molecule has 1 aliphatic rings. The van der Waals surface area contributed by atoms with E-state index < -0.39 is 0 Å². The summed E-state index contributed by atoms with van der Waals surface area (Å²) < 4.78 is 14.7. The molecule has 0 aliphatic carbocycles. The molecule has 2 aromatic heterocycles. The van der Waals surface area contributed by atoms with Crippen molar-refractivity contribution in [2.45, 2.75) is 25.0 Å². The Morgan fingerprint density at radius 1 is 1.14 bits per heavy atom. The van der Waals surface area contributed by atoms with Crippen LogP contribution in [0.15, 0.2) is 64.5 Å². The lowest BCUT2D eigenvalue weighted by Crippen LogP contribution is -2.34. The fourth-order valence-corrected chi connectivity index (χ4v) is 6.14. The van der Waals surface area contributed by atoms with Crippen molar-refractivity contribution in [2.24, 2.45) is 0 Å². The molecule has 1 N–H and O–H groups in total. The van der Waals surface area contributed by atoms with Crippen LogP contribution in [0.5, 0.6) is 0 Å². The Morgan fingerprint density at radius 2 is 1.89 bits per heavy atom. The van der Waals surface area contributed by atoms with Gasteiger partial charge < -0.3 is 10.2 Å². The van der Waals surface area contributed by atoms with Crippen molar-refractivity contribution in [1.29, 1.82) is 0 Å². The predicted molar refractivity (Wildman–Crippen MR) is 136 cm³/mol. The average molecular weight is 509 g/mol. The molecule has 0 spiro atoms. The van der Waals surface area contributed by atoms with Gasteiger partial charge in [0, 0.05) is 24.0 Å². The summed E-state index contributed by atoms with van der Waals surface area (Å²) in [6.07, 6.45) is 0.604. The molecule has 2 amide bonds. The number of benzene rings is 2. The van der Waals surface area contributed by atoms with Gasteiger partial charge in [0.25, 0.3) is 5.56 Å². The van der Waals surface area contributed by atoms with Crippen LogP contribution in [0.25, 0.3) is 15.9 Å². The smallest absolute Gasteiger partial charge is 0.267 e. The van der Waals surface area contributed by atoms with Crippen molar-refractivity contribution in [3.63, 3.8) is 0 Å². The Balaban J connectivity index is 1.51. The van der Waals surface area contributed by atoms with Crippen LogP contribution in [0.4, 0.5) is 10.1 Å². The Bertz CT molecular complexity index is 1480. The van der Waals surface area contributed by atoms with E-state index in [1.807, 2.05) is 30.3 Å². The second-order valence-corrected chi connectivity index (χ2v) is 10.1. The van der Waals surface area contributed by atoms with E-state index in [-0.39, 0.29) is 28.9 Å². The van der Waals surface area contributed by atoms with Crippen LogP contribution < -0.4 is 10.9 Å². The number of carbonyl (C=O) groups is 2. The molecule has 178 valence electrons. The molecule has 1 aliphatic heterocycles. The number of thioether (sulfide) groups is 1. The SMILES string of the molecule is CC(=O)N1CCc2c(sc3nc(SCC(=O)Nc4ccc(F)cc4)n(-c4ccccc4)c(=O)c23)C1. The van der Waals surface area contributed by atoms with Crippen LogP contribution in [0.1, 0.15) is 17.4 Å². The normalized spacial score (nSPS) is 13.0. The summed E-state index contributed by atoms with van der Waals surface area (Å²) in [6, 6.07) is 14.7. The van der Waals surface area contributed by atoms with Gasteiger partial charge in [-0.15, -0.1) is 11.3 Å². The molecule has 0 bridgehead atoms. The number of aromatic nitrogens is 2. The quantitative estimate of drug-likeness (QED) is 0.322. The van der Waals surface area contributed by atoms with Crippen LogP contribution in [0.3, 0.4) is 0 Å². The van der Waals surface area contributed by atoms with Gasteiger partial charge in [-0.3, -0.25) is 19.0 Å². The zero-order valence-corrected chi connectivity index (χ0v) is 20.4. The van der Waals surface area contributed by atoms with E-state index in [4.69, 9.17) is 4.98 Å². The van der Waals surface area contributed by atoms with Crippen LogP contribution in [0.2, 0.25) is 0 Å². The van der Waals surface area contributed by atoms with Gasteiger partial charge in [-0.25, -0.2) is 9.37 Å². The summed E-state index contributed by atoms with van der Waals surface area (Å²) in [5.41, 5.74) is 1.92. The largest absolute Gasteiger partial charge is 0.337 e. The summed E-state index contributed by atoms with van der Waals surface area (Å²) in [5.74, 6) is -0.651. The minimum absolute atomic E-state index is 0.00572. The van der Waals surface area contributed by atoms with Crippen LogP contribution in [0, 0.1) is 5.82 Å². The number of anilines is 1. The molecule has 0 radical (unpaired) electrons. The van der Waals surface area contributed by atoms with Crippen molar-refractivity contribution in [2.75, 3.05) is 17.6 Å². The van der Waals surface area contributed by atoms with E-state index in [9.17, 15) is 18.8 Å². The van der Waals surface area contributed by atoms with Gasteiger partial charge in [0.2, 0.25) is 11.8 Å². The number of amides is 2. The maximum atomic E-state index is 13.8. The van der Waals surface area contributed by atoms with E-state index >= 15 is 0 Å². The molecule has 0 fully saturated rings. The molecule has 0 saturated carbocycles.